The molecule has 9 nitrogen and oxygen atoms in total. The lowest BCUT2D eigenvalue weighted by molar-refractivity contribution is -0.118. The molecule has 0 saturated carbocycles. The number of fused-ring (bicyclic) bond motifs is 1. The molecule has 0 radical (unpaired) electrons. The van der Waals surface area contributed by atoms with E-state index in [2.05, 4.69) is 4.98 Å². The van der Waals surface area contributed by atoms with Gasteiger partial charge in [0.05, 0.1) is 19.5 Å². The average Bonchev–Trinajstić information content (AvgIpc) is 3.08. The van der Waals surface area contributed by atoms with Crippen LogP contribution in [0.4, 0.5) is 0 Å². The van der Waals surface area contributed by atoms with Crippen LogP contribution in [-0.4, -0.2) is 38.3 Å². The predicted molar refractivity (Wildman–Crippen MR) is 99.5 cm³/mol. The highest BCUT2D eigenvalue weighted by molar-refractivity contribution is 5.74. The maximum absolute atomic E-state index is 12.9. The van der Waals surface area contributed by atoms with Gasteiger partial charge in [0.25, 0.3) is 5.56 Å². The topological polar surface area (TPSA) is 114 Å². The molecule has 0 aliphatic rings. The molecule has 27 heavy (non-hydrogen) atoms. The van der Waals surface area contributed by atoms with E-state index in [9.17, 15) is 14.4 Å². The number of ether oxygens (including phenoxy) is 1. The number of aromatic nitrogens is 4. The Morgan fingerprint density at radius 3 is 2.56 bits per heavy atom. The first-order valence-corrected chi connectivity index (χ1v) is 8.52. The summed E-state index contributed by atoms with van der Waals surface area (Å²) < 4.78 is 9.21. The molecule has 9 heteroatoms. The summed E-state index contributed by atoms with van der Waals surface area (Å²) in [6.07, 6.45) is 1.42. The van der Waals surface area contributed by atoms with E-state index >= 15 is 0 Å². The highest BCUT2D eigenvalue weighted by Crippen LogP contribution is 2.10. The van der Waals surface area contributed by atoms with Crippen molar-refractivity contribution in [2.45, 2.75) is 26.1 Å². The summed E-state index contributed by atoms with van der Waals surface area (Å²) >= 11 is 0. The smallest absolute Gasteiger partial charge is 0.333 e. The highest BCUT2D eigenvalue weighted by Gasteiger charge is 2.18. The molecule has 0 unspecified atom stereocenters. The Morgan fingerprint density at radius 1 is 1.15 bits per heavy atom. The molecule has 0 atom stereocenters. The average molecular weight is 371 g/mol. The normalized spacial score (nSPS) is 11.1. The van der Waals surface area contributed by atoms with E-state index in [1.807, 2.05) is 30.3 Å². The van der Waals surface area contributed by atoms with Crippen molar-refractivity contribution in [1.29, 1.82) is 0 Å². The maximum Gasteiger partial charge on any atom is 0.333 e. The van der Waals surface area contributed by atoms with Crippen molar-refractivity contribution < 1.29 is 9.53 Å². The zero-order valence-electron chi connectivity index (χ0n) is 15.0. The Hall–Kier alpha value is -3.20. The lowest BCUT2D eigenvalue weighted by Gasteiger charge is -2.12. The Kier molecular flexibility index (Phi) is 5.51. The SMILES string of the molecule is COCCn1cnc2c1c(=O)n(CCC(N)=O)c(=O)n2Cc1ccccc1. The van der Waals surface area contributed by atoms with Gasteiger partial charge in [-0.1, -0.05) is 30.3 Å². The molecule has 0 fully saturated rings. The second-order valence-electron chi connectivity index (χ2n) is 6.13. The molecule has 1 amide bonds. The second-order valence-corrected chi connectivity index (χ2v) is 6.13. The van der Waals surface area contributed by atoms with Crippen LogP contribution in [0.1, 0.15) is 12.0 Å². The zero-order valence-corrected chi connectivity index (χ0v) is 15.0. The number of primary amides is 1. The number of methoxy groups -OCH3 is 1. The molecule has 3 aromatic rings. The quantitative estimate of drug-likeness (QED) is 0.595. The molecule has 0 spiro atoms. The summed E-state index contributed by atoms with van der Waals surface area (Å²) in [5.41, 5.74) is 5.68. The van der Waals surface area contributed by atoms with Crippen LogP contribution in [0.5, 0.6) is 0 Å². The number of hydrogen-bond acceptors (Lipinski definition) is 5. The number of imidazole rings is 1. The Bertz CT molecular complexity index is 1070. The van der Waals surface area contributed by atoms with Crippen LogP contribution in [0.3, 0.4) is 0 Å². The van der Waals surface area contributed by atoms with Gasteiger partial charge in [0.2, 0.25) is 5.91 Å². The van der Waals surface area contributed by atoms with Gasteiger partial charge >= 0.3 is 5.69 Å². The summed E-state index contributed by atoms with van der Waals surface area (Å²) in [6.45, 7) is 0.993. The summed E-state index contributed by atoms with van der Waals surface area (Å²) in [6, 6.07) is 9.41. The van der Waals surface area contributed by atoms with Gasteiger partial charge in [-0.2, -0.15) is 0 Å². The fraction of sp³-hybridized carbons (Fsp3) is 0.333. The molecule has 0 saturated heterocycles. The molecule has 142 valence electrons. The number of carbonyl (C=O) groups is 1. The molecule has 0 aliphatic heterocycles. The van der Waals surface area contributed by atoms with Crippen molar-refractivity contribution in [2.24, 2.45) is 5.73 Å². The molecule has 2 N–H and O–H groups in total. The zero-order chi connectivity index (χ0) is 19.4. The van der Waals surface area contributed by atoms with Crippen LogP contribution in [0.2, 0.25) is 0 Å². The lowest BCUT2D eigenvalue weighted by atomic mass is 10.2. The van der Waals surface area contributed by atoms with Crippen LogP contribution in [0, 0.1) is 0 Å². The maximum atomic E-state index is 12.9. The van der Waals surface area contributed by atoms with Gasteiger partial charge in [0.15, 0.2) is 11.2 Å². The number of nitrogens with zero attached hydrogens (tertiary/aromatic N) is 4. The summed E-state index contributed by atoms with van der Waals surface area (Å²) in [5.74, 6) is -0.580. The third kappa shape index (κ3) is 3.82. The molecule has 1 aromatic carbocycles. The van der Waals surface area contributed by atoms with Crippen molar-refractivity contribution in [3.8, 4) is 0 Å². The largest absolute Gasteiger partial charge is 0.383 e. The Labute approximate surface area is 154 Å². The molecular formula is C18H21N5O4. The van der Waals surface area contributed by atoms with Crippen molar-refractivity contribution in [2.75, 3.05) is 13.7 Å². The van der Waals surface area contributed by atoms with Crippen molar-refractivity contribution in [1.82, 2.24) is 18.7 Å². The third-order valence-corrected chi connectivity index (χ3v) is 4.29. The van der Waals surface area contributed by atoms with Crippen LogP contribution < -0.4 is 17.0 Å². The lowest BCUT2D eigenvalue weighted by Crippen LogP contribution is -2.41. The van der Waals surface area contributed by atoms with Gasteiger partial charge in [-0.25, -0.2) is 9.78 Å². The number of benzene rings is 1. The second kappa shape index (κ2) is 8.00. The first kappa shape index (κ1) is 18.6. The van der Waals surface area contributed by atoms with Gasteiger partial charge in [-0.3, -0.25) is 18.7 Å². The first-order valence-electron chi connectivity index (χ1n) is 8.52. The Morgan fingerprint density at radius 2 is 1.89 bits per heavy atom. The highest BCUT2D eigenvalue weighted by atomic mass is 16.5. The molecule has 0 bridgehead atoms. The number of carbonyl (C=O) groups excluding carboxylic acids is 1. The number of amides is 1. The number of rotatable bonds is 8. The summed E-state index contributed by atoms with van der Waals surface area (Å²) in [4.78, 5) is 41.3. The van der Waals surface area contributed by atoms with Crippen molar-refractivity contribution in [3.05, 3.63) is 63.1 Å². The molecule has 2 aromatic heterocycles. The van der Waals surface area contributed by atoms with Gasteiger partial charge in [-0.05, 0) is 5.56 Å². The summed E-state index contributed by atoms with van der Waals surface area (Å²) in [5, 5.41) is 0. The van der Waals surface area contributed by atoms with Crippen LogP contribution in [0.15, 0.2) is 46.2 Å². The van der Waals surface area contributed by atoms with E-state index < -0.39 is 17.2 Å². The standard InChI is InChI=1S/C18H21N5O4/c1-27-10-9-21-12-20-16-15(21)17(25)22(8-7-14(19)24)18(26)23(16)11-13-5-3-2-4-6-13/h2-6,12H,7-11H2,1H3,(H2,19,24). The minimum absolute atomic E-state index is 0.0762. The molecule has 2 heterocycles. The van der Waals surface area contributed by atoms with E-state index in [1.54, 1.807) is 11.7 Å². The van der Waals surface area contributed by atoms with E-state index in [-0.39, 0.29) is 19.5 Å². The van der Waals surface area contributed by atoms with E-state index in [0.29, 0.717) is 24.3 Å². The predicted octanol–water partition coefficient (Wildman–Crippen LogP) is -0.0702. The van der Waals surface area contributed by atoms with Crippen molar-refractivity contribution in [3.63, 3.8) is 0 Å². The molecule has 0 aliphatic carbocycles. The Balaban J connectivity index is 2.19. The van der Waals surface area contributed by atoms with Crippen LogP contribution in [-0.2, 0) is 29.2 Å². The monoisotopic (exact) mass is 371 g/mol. The molecular weight excluding hydrogens is 350 g/mol. The van der Waals surface area contributed by atoms with E-state index in [0.717, 1.165) is 10.1 Å². The number of nitrogens with two attached hydrogens (primary N) is 1. The third-order valence-electron chi connectivity index (χ3n) is 4.29. The minimum atomic E-state index is -0.580. The number of hydrogen-bond donors (Lipinski definition) is 1. The fourth-order valence-corrected chi connectivity index (χ4v) is 2.93. The molecule has 3 rings (SSSR count). The van der Waals surface area contributed by atoms with E-state index in [1.165, 1.54) is 10.9 Å². The van der Waals surface area contributed by atoms with Gasteiger partial charge in [-0.15, -0.1) is 0 Å². The van der Waals surface area contributed by atoms with Crippen LogP contribution in [0.25, 0.3) is 11.2 Å². The van der Waals surface area contributed by atoms with Gasteiger partial charge in [0, 0.05) is 26.6 Å². The van der Waals surface area contributed by atoms with Gasteiger partial charge < -0.3 is 15.0 Å². The minimum Gasteiger partial charge on any atom is -0.383 e. The van der Waals surface area contributed by atoms with Gasteiger partial charge in [0.1, 0.15) is 0 Å². The fourth-order valence-electron chi connectivity index (χ4n) is 2.93. The first-order chi connectivity index (χ1) is 13.0. The van der Waals surface area contributed by atoms with E-state index in [4.69, 9.17) is 10.5 Å². The van der Waals surface area contributed by atoms with Crippen LogP contribution >= 0.6 is 0 Å². The summed E-state index contributed by atoms with van der Waals surface area (Å²) in [7, 11) is 1.57. The van der Waals surface area contributed by atoms with Crippen molar-refractivity contribution >= 4 is 17.1 Å².